The van der Waals surface area contributed by atoms with Gasteiger partial charge in [0, 0.05) is 12.0 Å². The smallest absolute Gasteiger partial charge is 0.282 e. The topological polar surface area (TPSA) is 141 Å². The number of nitrogens with zero attached hydrogens (tertiary/aromatic N) is 7. The van der Waals surface area contributed by atoms with Crippen molar-refractivity contribution in [2.75, 3.05) is 5.73 Å². The lowest BCUT2D eigenvalue weighted by molar-refractivity contribution is 0.643. The van der Waals surface area contributed by atoms with Gasteiger partial charge >= 0.3 is 0 Å². The maximum atomic E-state index is 13.3. The first-order chi connectivity index (χ1) is 16.6. The van der Waals surface area contributed by atoms with Gasteiger partial charge in [0.25, 0.3) is 5.56 Å². The van der Waals surface area contributed by atoms with Crippen molar-refractivity contribution < 1.29 is 0 Å². The molecule has 0 saturated heterocycles. The summed E-state index contributed by atoms with van der Waals surface area (Å²) in [6.07, 6.45) is 4.03. The second kappa shape index (κ2) is 9.18. The van der Waals surface area contributed by atoms with E-state index >= 15 is 0 Å². The Morgan fingerprint density at radius 1 is 1.03 bits per heavy atom. The van der Waals surface area contributed by atoms with E-state index in [2.05, 4.69) is 42.5 Å². The van der Waals surface area contributed by atoms with Crippen LogP contribution in [-0.2, 0) is 13.0 Å². The molecular formula is C24H23N9O. The quantitative estimate of drug-likeness (QED) is 0.383. The van der Waals surface area contributed by atoms with Crippen LogP contribution in [0.2, 0.25) is 0 Å². The number of hydrogen-bond donors (Lipinski definition) is 2. The fourth-order valence-electron chi connectivity index (χ4n) is 3.92. The van der Waals surface area contributed by atoms with Gasteiger partial charge in [-0.15, -0.1) is 10.2 Å². The van der Waals surface area contributed by atoms with Crippen LogP contribution in [0.5, 0.6) is 0 Å². The molecular weight excluding hydrogens is 430 g/mol. The van der Waals surface area contributed by atoms with E-state index < -0.39 is 0 Å². The Morgan fingerprint density at radius 3 is 2.56 bits per heavy atom. The van der Waals surface area contributed by atoms with Crippen LogP contribution in [0.25, 0.3) is 33.7 Å². The molecule has 10 heteroatoms. The van der Waals surface area contributed by atoms with Crippen LogP contribution in [0.15, 0.2) is 59.5 Å². The number of aromatic nitrogens is 8. The zero-order chi connectivity index (χ0) is 23.5. The summed E-state index contributed by atoms with van der Waals surface area (Å²) in [4.78, 5) is 26.3. The first-order valence-corrected chi connectivity index (χ1v) is 11.1. The third-order valence-corrected chi connectivity index (χ3v) is 5.64. The number of H-pyrrole nitrogens is 1. The lowest BCUT2D eigenvalue weighted by Gasteiger charge is -2.14. The first-order valence-electron chi connectivity index (χ1n) is 11.1. The monoisotopic (exact) mass is 453 g/mol. The third-order valence-electron chi connectivity index (χ3n) is 5.64. The van der Waals surface area contributed by atoms with E-state index in [4.69, 9.17) is 5.73 Å². The summed E-state index contributed by atoms with van der Waals surface area (Å²) < 4.78 is 1.67. The van der Waals surface area contributed by atoms with Crippen molar-refractivity contribution in [3.63, 3.8) is 0 Å². The number of nitrogens with two attached hydrogens (primary N) is 1. The number of nitrogens with one attached hydrogen (secondary N) is 1. The second-order valence-electron chi connectivity index (χ2n) is 7.97. The zero-order valence-corrected chi connectivity index (χ0v) is 18.6. The number of unbranched alkanes of at least 4 members (excludes halogenated alkanes) is 1. The van der Waals surface area contributed by atoms with Crippen LogP contribution in [0, 0.1) is 0 Å². The maximum Gasteiger partial charge on any atom is 0.282 e. The van der Waals surface area contributed by atoms with Crippen molar-refractivity contribution in [1.82, 2.24) is 40.1 Å². The summed E-state index contributed by atoms with van der Waals surface area (Å²) >= 11 is 0. The zero-order valence-electron chi connectivity index (χ0n) is 18.6. The van der Waals surface area contributed by atoms with E-state index in [1.54, 1.807) is 4.57 Å². The molecule has 3 heterocycles. The Hall–Kier alpha value is -4.47. The fraction of sp³-hybridized carbons (Fsp3) is 0.208. The van der Waals surface area contributed by atoms with Crippen LogP contribution in [0.3, 0.4) is 0 Å². The molecule has 0 spiro atoms. The van der Waals surface area contributed by atoms with Crippen LogP contribution in [0.1, 0.15) is 31.2 Å². The highest BCUT2D eigenvalue weighted by Gasteiger charge is 2.15. The average Bonchev–Trinajstić information content (AvgIpc) is 3.40. The molecule has 0 fully saturated rings. The number of benzene rings is 2. The van der Waals surface area contributed by atoms with Crippen LogP contribution >= 0.6 is 0 Å². The van der Waals surface area contributed by atoms with Gasteiger partial charge in [0.1, 0.15) is 11.6 Å². The molecule has 0 bridgehead atoms. The molecule has 2 aromatic carbocycles. The molecule has 170 valence electrons. The highest BCUT2D eigenvalue weighted by Crippen LogP contribution is 2.29. The van der Waals surface area contributed by atoms with Gasteiger partial charge in [0.2, 0.25) is 5.82 Å². The Kier molecular flexibility index (Phi) is 5.77. The van der Waals surface area contributed by atoms with Crippen molar-refractivity contribution in [2.45, 2.75) is 32.7 Å². The van der Waals surface area contributed by atoms with Crippen LogP contribution in [-0.4, -0.2) is 40.1 Å². The predicted molar refractivity (Wildman–Crippen MR) is 129 cm³/mol. The van der Waals surface area contributed by atoms with Crippen LogP contribution < -0.4 is 11.3 Å². The molecule has 0 aliphatic carbocycles. The minimum Gasteiger partial charge on any atom is -0.382 e. The average molecular weight is 454 g/mol. The summed E-state index contributed by atoms with van der Waals surface area (Å²) in [6.45, 7) is 2.49. The van der Waals surface area contributed by atoms with Gasteiger partial charge in [0.05, 0.1) is 12.7 Å². The van der Waals surface area contributed by atoms with Gasteiger partial charge < -0.3 is 5.73 Å². The normalized spacial score (nSPS) is 11.2. The number of aromatic amines is 1. The Bertz CT molecular complexity index is 1490. The van der Waals surface area contributed by atoms with E-state index in [1.807, 2.05) is 48.5 Å². The number of fused-ring (bicyclic) bond motifs is 1. The molecule has 0 radical (unpaired) electrons. The van der Waals surface area contributed by atoms with Crippen LogP contribution in [0.4, 0.5) is 5.82 Å². The van der Waals surface area contributed by atoms with Gasteiger partial charge in [-0.2, -0.15) is 5.21 Å². The lowest BCUT2D eigenvalue weighted by Crippen LogP contribution is -2.27. The molecule has 10 nitrogen and oxygen atoms in total. The van der Waals surface area contributed by atoms with Gasteiger partial charge in [-0.1, -0.05) is 61.9 Å². The van der Waals surface area contributed by atoms with Crippen molar-refractivity contribution >= 4 is 17.0 Å². The number of nitrogen functional groups attached to an aromatic ring is 1. The summed E-state index contributed by atoms with van der Waals surface area (Å²) in [5.41, 5.74) is 9.91. The van der Waals surface area contributed by atoms with Crippen molar-refractivity contribution in [3.8, 4) is 22.5 Å². The molecule has 0 unspecified atom stereocenters. The molecule has 5 aromatic rings. The van der Waals surface area contributed by atoms with Crippen molar-refractivity contribution in [1.29, 1.82) is 0 Å². The van der Waals surface area contributed by atoms with Gasteiger partial charge in [-0.3, -0.25) is 9.36 Å². The Morgan fingerprint density at radius 2 is 1.82 bits per heavy atom. The highest BCUT2D eigenvalue weighted by molar-refractivity contribution is 5.80. The molecule has 0 amide bonds. The van der Waals surface area contributed by atoms with Gasteiger partial charge in [0.15, 0.2) is 11.2 Å². The molecule has 0 atom stereocenters. The molecule has 5 rings (SSSR count). The highest BCUT2D eigenvalue weighted by atomic mass is 16.1. The third kappa shape index (κ3) is 4.13. The molecule has 34 heavy (non-hydrogen) atoms. The number of hydrogen-bond acceptors (Lipinski definition) is 8. The standard InChI is InChI=1S/C24H23N9O/c1-2-3-8-20-28-23-21(27-19(25)13-26-23)24(34)33(20)14-15-9-11-16(12-10-15)17-6-4-5-7-18(17)22-29-31-32-30-22/h4-7,9-13H,2-3,8,14H2,1H3,(H2,25,27)(H,29,30,31,32). The second-order valence-corrected chi connectivity index (χ2v) is 7.97. The van der Waals surface area contributed by atoms with E-state index in [9.17, 15) is 4.79 Å². The van der Waals surface area contributed by atoms with E-state index in [1.165, 1.54) is 6.20 Å². The minimum absolute atomic E-state index is 0.186. The van der Waals surface area contributed by atoms with Crippen molar-refractivity contribution in [3.05, 3.63) is 76.5 Å². The fourth-order valence-corrected chi connectivity index (χ4v) is 3.92. The SMILES string of the molecule is CCCCc1nc2ncc(N)nc2c(=O)n1Cc1ccc(-c2ccccc2-c2nn[nH]n2)cc1. The summed E-state index contributed by atoms with van der Waals surface area (Å²) in [5.74, 6) is 1.43. The van der Waals surface area contributed by atoms with Gasteiger partial charge in [-0.25, -0.2) is 15.0 Å². The minimum atomic E-state index is -0.234. The van der Waals surface area contributed by atoms with Crippen molar-refractivity contribution in [2.24, 2.45) is 0 Å². The predicted octanol–water partition coefficient (Wildman–Crippen LogP) is 3.01. The molecule has 3 N–H and O–H groups in total. The molecule has 0 aliphatic rings. The number of anilines is 1. The molecule has 0 saturated carbocycles. The number of aryl methyl sites for hydroxylation is 1. The van der Waals surface area contributed by atoms with Gasteiger partial charge in [-0.05, 0) is 28.3 Å². The summed E-state index contributed by atoms with van der Waals surface area (Å²) in [5, 5.41) is 14.4. The molecule has 3 aromatic heterocycles. The largest absolute Gasteiger partial charge is 0.382 e. The number of rotatable bonds is 7. The Balaban J connectivity index is 1.51. The summed E-state index contributed by atoms with van der Waals surface area (Å²) in [7, 11) is 0. The number of tetrazole rings is 1. The maximum absolute atomic E-state index is 13.3. The summed E-state index contributed by atoms with van der Waals surface area (Å²) in [6, 6.07) is 16.0. The van der Waals surface area contributed by atoms with E-state index in [0.717, 1.165) is 35.1 Å². The van der Waals surface area contributed by atoms with E-state index in [0.29, 0.717) is 30.3 Å². The lowest BCUT2D eigenvalue weighted by atomic mass is 9.98. The van der Waals surface area contributed by atoms with E-state index in [-0.39, 0.29) is 16.9 Å². The first kappa shape index (κ1) is 21.4. The molecule has 0 aliphatic heterocycles. The Labute approximate surface area is 194 Å².